The van der Waals surface area contributed by atoms with Gasteiger partial charge in [-0.25, -0.2) is 19.6 Å². The number of carbonyl (C=O) groups is 2. The maximum absolute atomic E-state index is 10.3. The second kappa shape index (κ2) is 13.2. The zero-order valence-corrected chi connectivity index (χ0v) is 22.5. The van der Waals surface area contributed by atoms with E-state index in [2.05, 4.69) is 45.9 Å². The van der Waals surface area contributed by atoms with Gasteiger partial charge in [0.15, 0.2) is 0 Å². The van der Waals surface area contributed by atoms with Crippen LogP contribution in [-0.4, -0.2) is 37.6 Å². The fourth-order valence-electron chi connectivity index (χ4n) is 3.75. The summed E-state index contributed by atoms with van der Waals surface area (Å²) in [5, 5.41) is 2.46. The number of benzene rings is 4. The number of esters is 2. The van der Waals surface area contributed by atoms with Crippen molar-refractivity contribution in [2.24, 2.45) is 9.98 Å². The van der Waals surface area contributed by atoms with Crippen molar-refractivity contribution in [3.05, 3.63) is 120 Å². The smallest absolute Gasteiger partial charge is 0.330 e. The first-order valence-corrected chi connectivity index (χ1v) is 11.2. The summed E-state index contributed by atoms with van der Waals surface area (Å²) in [6.45, 7) is 0. The van der Waals surface area contributed by atoms with E-state index in [0.29, 0.717) is 0 Å². The van der Waals surface area contributed by atoms with E-state index in [1.165, 1.54) is 25.0 Å². The van der Waals surface area contributed by atoms with E-state index < -0.39 is 11.9 Å². The predicted molar refractivity (Wildman–Crippen MR) is 142 cm³/mol. The van der Waals surface area contributed by atoms with E-state index in [9.17, 15) is 9.59 Å². The number of hydrogen-bond donors (Lipinski definition) is 0. The molecule has 7 heteroatoms. The van der Waals surface area contributed by atoms with E-state index in [1.807, 2.05) is 60.7 Å². The van der Waals surface area contributed by atoms with Crippen molar-refractivity contribution in [1.29, 1.82) is 0 Å². The van der Waals surface area contributed by atoms with Crippen LogP contribution in [-0.2, 0) is 40.1 Å². The van der Waals surface area contributed by atoms with Gasteiger partial charge >= 0.3 is 11.9 Å². The monoisotopic (exact) mass is 671 g/mol. The van der Waals surface area contributed by atoms with Crippen LogP contribution in [0.1, 0.15) is 11.1 Å². The van der Waals surface area contributed by atoms with Crippen LogP contribution in [0.15, 0.2) is 119 Å². The quantitative estimate of drug-likeness (QED) is 0.198. The van der Waals surface area contributed by atoms with Gasteiger partial charge in [-0.1, -0.05) is 72.8 Å². The van der Waals surface area contributed by atoms with Gasteiger partial charge in [-0.05, 0) is 29.7 Å². The maximum atomic E-state index is 10.3. The largest absolute Gasteiger partial charge is 0.466 e. The second-order valence-corrected chi connectivity index (χ2v) is 7.68. The first-order chi connectivity index (χ1) is 17.6. The number of carbonyl (C=O) groups excluding carboxylic acids is 2. The van der Waals surface area contributed by atoms with Gasteiger partial charge in [-0.15, -0.1) is 0 Å². The molecule has 1 aliphatic rings. The van der Waals surface area contributed by atoms with Crippen LogP contribution in [0.4, 0.5) is 11.4 Å². The Hall–Kier alpha value is -4.15. The van der Waals surface area contributed by atoms with E-state index in [0.717, 1.165) is 46.1 Å². The summed E-state index contributed by atoms with van der Waals surface area (Å²) in [7, 11) is 2.45. The molecule has 0 saturated heterocycles. The summed E-state index contributed by atoms with van der Waals surface area (Å²) in [5.41, 5.74) is 6.05. The molecule has 0 heterocycles. The topological polar surface area (TPSA) is 77.3 Å². The van der Waals surface area contributed by atoms with Crippen molar-refractivity contribution in [2.45, 2.75) is 0 Å². The van der Waals surface area contributed by atoms with E-state index in [4.69, 9.17) is 9.98 Å². The van der Waals surface area contributed by atoms with Crippen molar-refractivity contribution in [2.75, 3.05) is 14.2 Å². The Labute approximate surface area is 229 Å². The molecular weight excluding hydrogens is 647 g/mol. The van der Waals surface area contributed by atoms with Gasteiger partial charge in [0.25, 0.3) is 0 Å². The summed E-state index contributed by atoms with van der Waals surface area (Å²) in [4.78, 5) is 30.6. The van der Waals surface area contributed by atoms with E-state index >= 15 is 0 Å². The van der Waals surface area contributed by atoms with Crippen LogP contribution < -0.4 is 0 Å². The number of aliphatic imine (C=N–C) groups is 2. The number of nitrogens with zero attached hydrogens (tertiary/aromatic N) is 2. The number of ether oxygens (including phenoxy) is 2. The molecule has 0 bridgehead atoms. The standard InChI is InChI=1S/C24H16N2.C6H8O4.Pt/c1-3-11-18(12-4-1)25-23-20-15-7-9-17-10-8-16-21(22(17)20)24(23)26-19-13-5-2-6-14-19;1-9-5(7)3-4-6(8)10-2;/h1-16H;3-4H,1-2H3;/b;4-3+;. The summed E-state index contributed by atoms with van der Waals surface area (Å²) in [5.74, 6) is -1.16. The molecule has 0 spiro atoms. The summed E-state index contributed by atoms with van der Waals surface area (Å²) < 4.78 is 8.42. The molecule has 5 rings (SSSR count). The van der Waals surface area contributed by atoms with Gasteiger partial charge < -0.3 is 9.47 Å². The zero-order chi connectivity index (χ0) is 25.3. The van der Waals surface area contributed by atoms with Crippen LogP contribution in [0, 0.1) is 0 Å². The first kappa shape index (κ1) is 27.4. The van der Waals surface area contributed by atoms with Gasteiger partial charge in [0.1, 0.15) is 0 Å². The van der Waals surface area contributed by atoms with Crippen molar-refractivity contribution >= 4 is 45.5 Å². The Morgan fingerprint density at radius 3 is 1.38 bits per heavy atom. The van der Waals surface area contributed by atoms with Crippen molar-refractivity contribution in [3.8, 4) is 0 Å². The number of hydrogen-bond acceptors (Lipinski definition) is 6. The van der Waals surface area contributed by atoms with Crippen LogP contribution >= 0.6 is 0 Å². The number of methoxy groups -OCH3 is 2. The zero-order valence-electron chi connectivity index (χ0n) is 20.2. The first-order valence-electron chi connectivity index (χ1n) is 11.2. The Kier molecular flexibility index (Phi) is 9.82. The minimum absolute atomic E-state index is 0. The minimum Gasteiger partial charge on any atom is -0.466 e. The van der Waals surface area contributed by atoms with Crippen molar-refractivity contribution in [1.82, 2.24) is 0 Å². The molecule has 37 heavy (non-hydrogen) atoms. The normalized spacial score (nSPS) is 13.7. The summed E-state index contributed by atoms with van der Waals surface area (Å²) in [6.07, 6.45) is 1.98. The Morgan fingerprint density at radius 1 is 0.595 bits per heavy atom. The molecular formula is C30H24N2O4Pt. The molecule has 0 aromatic heterocycles. The molecule has 6 nitrogen and oxygen atoms in total. The fraction of sp³-hybridized carbons (Fsp3) is 0.0667. The van der Waals surface area contributed by atoms with Gasteiger partial charge in [0.2, 0.25) is 0 Å². The Balaban J connectivity index is 0.000000298. The molecule has 0 fully saturated rings. The molecule has 0 atom stereocenters. The third kappa shape index (κ3) is 6.75. The Morgan fingerprint density at radius 2 is 1.00 bits per heavy atom. The number of para-hydroxylation sites is 2. The average molecular weight is 672 g/mol. The summed E-state index contributed by atoms with van der Waals surface area (Å²) >= 11 is 0. The molecule has 4 aromatic carbocycles. The third-order valence-electron chi connectivity index (χ3n) is 5.39. The average Bonchev–Trinajstić information content (AvgIpc) is 3.22. The van der Waals surface area contributed by atoms with Crippen LogP contribution in [0.3, 0.4) is 0 Å². The van der Waals surface area contributed by atoms with Crippen LogP contribution in [0.2, 0.25) is 0 Å². The van der Waals surface area contributed by atoms with Gasteiger partial charge in [-0.3, -0.25) is 0 Å². The van der Waals surface area contributed by atoms with E-state index in [1.54, 1.807) is 0 Å². The molecule has 0 radical (unpaired) electrons. The molecule has 4 aromatic rings. The maximum Gasteiger partial charge on any atom is 0.330 e. The van der Waals surface area contributed by atoms with Gasteiger partial charge in [-0.2, -0.15) is 0 Å². The molecule has 0 aliphatic heterocycles. The molecule has 0 amide bonds. The predicted octanol–water partition coefficient (Wildman–Crippen LogP) is 5.98. The Bertz CT molecular complexity index is 1370. The van der Waals surface area contributed by atoms with Crippen molar-refractivity contribution in [3.63, 3.8) is 0 Å². The SMILES string of the molecule is COC(=O)/C=C/C(=O)OC.[Pt].c1ccc(N=C2C(=Nc3ccccc3)c3cccc4cccc2c34)cc1. The molecule has 0 unspecified atom stereocenters. The molecule has 0 N–H and O–H groups in total. The molecule has 188 valence electrons. The third-order valence-corrected chi connectivity index (χ3v) is 5.39. The van der Waals surface area contributed by atoms with Gasteiger partial charge in [0, 0.05) is 49.7 Å². The van der Waals surface area contributed by atoms with E-state index in [-0.39, 0.29) is 21.1 Å². The number of rotatable bonds is 4. The summed E-state index contributed by atoms with van der Waals surface area (Å²) in [6, 6.07) is 32.9. The minimum atomic E-state index is -0.578. The second-order valence-electron chi connectivity index (χ2n) is 7.68. The van der Waals surface area contributed by atoms with Crippen LogP contribution in [0.5, 0.6) is 0 Å². The van der Waals surface area contributed by atoms with Crippen molar-refractivity contribution < 1.29 is 40.1 Å². The molecule has 1 aliphatic carbocycles. The van der Waals surface area contributed by atoms with Gasteiger partial charge in [0.05, 0.1) is 37.0 Å². The van der Waals surface area contributed by atoms with Crippen LogP contribution in [0.25, 0.3) is 10.8 Å². The molecule has 0 saturated carbocycles. The fourth-order valence-corrected chi connectivity index (χ4v) is 3.75.